The molecule has 0 bridgehead atoms. The molecule has 3 rings (SSSR count). The predicted molar refractivity (Wildman–Crippen MR) is 117 cm³/mol. The van der Waals surface area contributed by atoms with Gasteiger partial charge < -0.3 is 15.4 Å². The van der Waals surface area contributed by atoms with Crippen molar-refractivity contribution in [3.63, 3.8) is 0 Å². The van der Waals surface area contributed by atoms with Crippen molar-refractivity contribution < 1.29 is 9.53 Å². The van der Waals surface area contributed by atoms with Crippen molar-refractivity contribution in [2.45, 2.75) is 25.4 Å². The van der Waals surface area contributed by atoms with Gasteiger partial charge in [-0.25, -0.2) is 4.79 Å². The van der Waals surface area contributed by atoms with Crippen LogP contribution in [0, 0.1) is 0 Å². The monoisotopic (exact) mass is 392 g/mol. The van der Waals surface area contributed by atoms with Crippen LogP contribution >= 0.6 is 12.2 Å². The second-order valence-corrected chi connectivity index (χ2v) is 7.08. The number of methoxy groups -OCH3 is 1. The summed E-state index contributed by atoms with van der Waals surface area (Å²) in [6.45, 7) is 2.06. The van der Waals surface area contributed by atoms with Gasteiger partial charge in [-0.15, -0.1) is 0 Å². The molecule has 4 nitrogen and oxygen atoms in total. The van der Waals surface area contributed by atoms with Gasteiger partial charge in [0.1, 0.15) is 6.04 Å². The number of carbonyl (C=O) groups is 1. The van der Waals surface area contributed by atoms with E-state index in [9.17, 15) is 4.79 Å². The van der Waals surface area contributed by atoms with Gasteiger partial charge in [0, 0.05) is 6.42 Å². The number of hydrogen-bond acceptors (Lipinski definition) is 3. The van der Waals surface area contributed by atoms with Crippen molar-refractivity contribution in [2.24, 2.45) is 0 Å². The van der Waals surface area contributed by atoms with E-state index in [0.717, 1.165) is 11.1 Å². The van der Waals surface area contributed by atoms with E-state index in [-0.39, 0.29) is 12.0 Å². The Morgan fingerprint density at radius 1 is 0.964 bits per heavy atom. The molecule has 144 valence electrons. The third-order valence-corrected chi connectivity index (χ3v) is 4.95. The minimum atomic E-state index is -0.549. The number of rotatable bonds is 6. The van der Waals surface area contributed by atoms with Crippen LogP contribution in [0.15, 0.2) is 72.8 Å². The van der Waals surface area contributed by atoms with Crippen molar-refractivity contribution in [3.8, 4) is 0 Å². The molecule has 28 heavy (non-hydrogen) atoms. The first-order chi connectivity index (χ1) is 13.6. The highest BCUT2D eigenvalue weighted by Gasteiger charge is 2.21. The molecule has 0 aliphatic rings. The van der Waals surface area contributed by atoms with Gasteiger partial charge in [-0.3, -0.25) is 0 Å². The van der Waals surface area contributed by atoms with Crippen molar-refractivity contribution in [3.05, 3.63) is 83.9 Å². The van der Waals surface area contributed by atoms with Crippen LogP contribution < -0.4 is 10.6 Å². The number of esters is 1. The largest absolute Gasteiger partial charge is 0.467 e. The topological polar surface area (TPSA) is 50.4 Å². The molecule has 0 radical (unpaired) electrons. The molecule has 0 saturated carbocycles. The fourth-order valence-electron chi connectivity index (χ4n) is 3.29. The molecule has 2 atom stereocenters. The number of ether oxygens (including phenoxy) is 1. The molecule has 0 heterocycles. The number of thiocarbonyl (C=S) groups is 1. The van der Waals surface area contributed by atoms with E-state index in [0.29, 0.717) is 11.5 Å². The third kappa shape index (κ3) is 4.87. The Bertz CT molecular complexity index is 954. The first-order valence-corrected chi connectivity index (χ1v) is 9.65. The number of nitrogens with one attached hydrogen (secondary N) is 2. The van der Waals surface area contributed by atoms with E-state index < -0.39 is 6.04 Å². The number of benzene rings is 3. The lowest BCUT2D eigenvalue weighted by atomic mass is 10.00. The van der Waals surface area contributed by atoms with Gasteiger partial charge in [0.05, 0.1) is 13.2 Å². The smallest absolute Gasteiger partial charge is 0.328 e. The van der Waals surface area contributed by atoms with Crippen LogP contribution in [-0.2, 0) is 16.0 Å². The summed E-state index contributed by atoms with van der Waals surface area (Å²) in [6, 6.07) is 23.7. The average Bonchev–Trinajstić information content (AvgIpc) is 2.73. The number of fused-ring (bicyclic) bond motifs is 1. The standard InChI is InChI=1S/C23H24N2O2S/c1-16(19-14-8-12-18-11-6-7-13-20(18)19)24-23(28)25-21(22(26)27-2)15-17-9-4-3-5-10-17/h3-14,16,21H,15H2,1-2H3,(H2,24,25,28)/t16-,21-/m1/s1. The maximum absolute atomic E-state index is 12.2. The van der Waals surface area contributed by atoms with E-state index in [2.05, 4.69) is 41.8 Å². The second-order valence-electron chi connectivity index (χ2n) is 6.67. The quantitative estimate of drug-likeness (QED) is 0.488. The van der Waals surface area contributed by atoms with Gasteiger partial charge in [-0.2, -0.15) is 0 Å². The summed E-state index contributed by atoms with van der Waals surface area (Å²) in [5.74, 6) is -0.342. The molecule has 0 fully saturated rings. The molecule has 0 spiro atoms. The third-order valence-electron chi connectivity index (χ3n) is 4.71. The van der Waals surface area contributed by atoms with Crippen LogP contribution in [0.4, 0.5) is 0 Å². The second kappa shape index (κ2) is 9.33. The molecule has 0 unspecified atom stereocenters. The molecule has 0 aliphatic carbocycles. The van der Waals surface area contributed by atoms with Gasteiger partial charge >= 0.3 is 5.97 Å². The Kier molecular flexibility index (Phi) is 6.61. The van der Waals surface area contributed by atoms with Gasteiger partial charge in [0.15, 0.2) is 5.11 Å². The highest BCUT2D eigenvalue weighted by atomic mass is 32.1. The number of hydrogen-bond donors (Lipinski definition) is 2. The Morgan fingerprint density at radius 3 is 2.39 bits per heavy atom. The summed E-state index contributed by atoms with van der Waals surface area (Å²) in [5.41, 5.74) is 2.19. The van der Waals surface area contributed by atoms with Crippen molar-refractivity contribution in [1.29, 1.82) is 0 Å². The maximum Gasteiger partial charge on any atom is 0.328 e. The summed E-state index contributed by atoms with van der Waals surface area (Å²) < 4.78 is 4.94. The summed E-state index contributed by atoms with van der Waals surface area (Å²) in [6.07, 6.45) is 0.498. The Balaban J connectivity index is 1.70. The Labute approximate surface area is 170 Å². The van der Waals surface area contributed by atoms with E-state index >= 15 is 0 Å². The molecule has 0 aromatic heterocycles. The van der Waals surface area contributed by atoms with Crippen LogP contribution in [0.5, 0.6) is 0 Å². The molecule has 0 amide bonds. The molecule has 3 aromatic rings. The number of carbonyl (C=O) groups excluding carboxylic acids is 1. The van der Waals surface area contributed by atoms with Crippen molar-refractivity contribution in [2.75, 3.05) is 7.11 Å². The van der Waals surface area contributed by atoms with Crippen molar-refractivity contribution in [1.82, 2.24) is 10.6 Å². The van der Waals surface area contributed by atoms with E-state index in [1.54, 1.807) is 0 Å². The maximum atomic E-state index is 12.2. The summed E-state index contributed by atoms with van der Waals surface area (Å²) in [4.78, 5) is 12.2. The van der Waals surface area contributed by atoms with Gasteiger partial charge in [0.25, 0.3) is 0 Å². The zero-order valence-corrected chi connectivity index (χ0v) is 16.8. The first kappa shape index (κ1) is 19.8. The average molecular weight is 393 g/mol. The van der Waals surface area contributed by atoms with Crippen LogP contribution in [0.25, 0.3) is 10.8 Å². The Hall–Kier alpha value is -2.92. The van der Waals surface area contributed by atoms with E-state index in [1.165, 1.54) is 17.9 Å². The highest BCUT2D eigenvalue weighted by molar-refractivity contribution is 7.80. The van der Waals surface area contributed by atoms with Crippen LogP contribution in [-0.4, -0.2) is 24.2 Å². The fourth-order valence-corrected chi connectivity index (χ4v) is 3.61. The van der Waals surface area contributed by atoms with Gasteiger partial charge in [-0.05, 0) is 41.0 Å². The molecule has 5 heteroatoms. The molecular weight excluding hydrogens is 368 g/mol. The van der Waals surface area contributed by atoms with E-state index in [4.69, 9.17) is 17.0 Å². The van der Waals surface area contributed by atoms with Crippen LogP contribution in [0.3, 0.4) is 0 Å². The van der Waals surface area contributed by atoms with Gasteiger partial charge in [-0.1, -0.05) is 72.8 Å². The minimum Gasteiger partial charge on any atom is -0.467 e. The van der Waals surface area contributed by atoms with E-state index in [1.807, 2.05) is 48.5 Å². The fraction of sp³-hybridized carbons (Fsp3) is 0.217. The first-order valence-electron chi connectivity index (χ1n) is 9.25. The summed E-state index contributed by atoms with van der Waals surface area (Å²) in [7, 11) is 1.39. The molecular formula is C23H24N2O2S. The highest BCUT2D eigenvalue weighted by Crippen LogP contribution is 2.24. The zero-order chi connectivity index (χ0) is 19.9. The van der Waals surface area contributed by atoms with Gasteiger partial charge in [0.2, 0.25) is 0 Å². The van der Waals surface area contributed by atoms with Crippen molar-refractivity contribution >= 4 is 34.1 Å². The normalized spacial score (nSPS) is 12.8. The minimum absolute atomic E-state index is 0.0128. The SMILES string of the molecule is COC(=O)[C@@H](Cc1ccccc1)NC(=S)N[C@H](C)c1cccc2ccccc12. The molecule has 2 N–H and O–H groups in total. The summed E-state index contributed by atoms with van der Waals surface area (Å²) in [5, 5.41) is 9.20. The Morgan fingerprint density at radius 2 is 1.64 bits per heavy atom. The molecule has 0 saturated heterocycles. The molecule has 0 aliphatic heterocycles. The lowest BCUT2D eigenvalue weighted by Gasteiger charge is -2.22. The summed E-state index contributed by atoms with van der Waals surface area (Å²) >= 11 is 5.48. The van der Waals surface area contributed by atoms with Crippen LogP contribution in [0.1, 0.15) is 24.1 Å². The predicted octanol–water partition coefficient (Wildman–Crippen LogP) is 4.15. The zero-order valence-electron chi connectivity index (χ0n) is 16.0. The lowest BCUT2D eigenvalue weighted by molar-refractivity contribution is -0.142. The lowest BCUT2D eigenvalue weighted by Crippen LogP contribution is -2.48. The van der Waals surface area contributed by atoms with Crippen LogP contribution in [0.2, 0.25) is 0 Å². The molecule has 3 aromatic carbocycles.